The van der Waals surface area contributed by atoms with Crippen molar-refractivity contribution < 1.29 is 18.7 Å². The van der Waals surface area contributed by atoms with Crippen molar-refractivity contribution in [2.45, 2.75) is 38.5 Å². The van der Waals surface area contributed by atoms with Crippen LogP contribution in [-0.2, 0) is 9.59 Å². The SMILES string of the molecule is COc1ccc([C@@H]2CC(=O)C3=C(C2)NC(C)=C(C(=O)Nc2cccc(C)n2)[C@@H]3c2ccc(F)cc2)cc1. The Hall–Kier alpha value is -4.26. The van der Waals surface area contributed by atoms with Gasteiger partial charge in [0, 0.05) is 40.6 Å². The highest BCUT2D eigenvalue weighted by Crippen LogP contribution is 2.45. The highest BCUT2D eigenvalue weighted by molar-refractivity contribution is 6.09. The third kappa shape index (κ3) is 4.89. The molecule has 2 heterocycles. The Labute approximate surface area is 215 Å². The van der Waals surface area contributed by atoms with Crippen LogP contribution in [0.25, 0.3) is 0 Å². The molecule has 2 N–H and O–H groups in total. The van der Waals surface area contributed by atoms with Gasteiger partial charge in [0.25, 0.3) is 5.91 Å². The van der Waals surface area contributed by atoms with Crippen molar-refractivity contribution in [3.63, 3.8) is 0 Å². The number of ketones is 1. The van der Waals surface area contributed by atoms with Crippen LogP contribution in [0.5, 0.6) is 5.75 Å². The molecule has 0 unspecified atom stereocenters. The van der Waals surface area contributed by atoms with Gasteiger partial charge < -0.3 is 15.4 Å². The van der Waals surface area contributed by atoms with Crippen LogP contribution in [0.3, 0.4) is 0 Å². The lowest BCUT2D eigenvalue weighted by Gasteiger charge is -2.37. The van der Waals surface area contributed by atoms with Gasteiger partial charge in [0.15, 0.2) is 5.78 Å². The van der Waals surface area contributed by atoms with Gasteiger partial charge in [-0.2, -0.15) is 0 Å². The fourth-order valence-corrected chi connectivity index (χ4v) is 5.24. The van der Waals surface area contributed by atoms with E-state index in [0.717, 1.165) is 22.7 Å². The summed E-state index contributed by atoms with van der Waals surface area (Å²) in [6.45, 7) is 3.68. The molecule has 5 rings (SSSR count). The van der Waals surface area contributed by atoms with Crippen LogP contribution in [0.1, 0.15) is 48.4 Å². The Morgan fingerprint density at radius 2 is 1.70 bits per heavy atom. The second-order valence-electron chi connectivity index (χ2n) is 9.46. The molecule has 188 valence electrons. The zero-order valence-electron chi connectivity index (χ0n) is 21.0. The van der Waals surface area contributed by atoms with E-state index in [9.17, 15) is 14.0 Å². The zero-order chi connectivity index (χ0) is 26.1. The first kappa shape index (κ1) is 24.4. The number of Topliss-reactive ketones (excluding diaryl/α,β-unsaturated/α-hetero) is 1. The molecule has 2 atom stereocenters. The quantitative estimate of drug-likeness (QED) is 0.484. The number of nitrogens with one attached hydrogen (secondary N) is 2. The van der Waals surface area contributed by atoms with Crippen LogP contribution < -0.4 is 15.4 Å². The van der Waals surface area contributed by atoms with Crippen LogP contribution in [0.4, 0.5) is 10.2 Å². The maximum atomic E-state index is 13.8. The Bertz CT molecular complexity index is 1430. The average molecular weight is 498 g/mol. The number of aryl methyl sites for hydroxylation is 1. The molecule has 0 fully saturated rings. The third-order valence-electron chi connectivity index (χ3n) is 6.99. The number of methoxy groups -OCH3 is 1. The molecule has 1 amide bonds. The number of hydrogen-bond donors (Lipinski definition) is 2. The number of benzene rings is 2. The summed E-state index contributed by atoms with van der Waals surface area (Å²) >= 11 is 0. The molecule has 6 nitrogen and oxygen atoms in total. The van der Waals surface area contributed by atoms with Gasteiger partial charge in [0.05, 0.1) is 7.11 Å². The average Bonchev–Trinajstić information content (AvgIpc) is 2.88. The van der Waals surface area contributed by atoms with Crippen LogP contribution in [0.2, 0.25) is 0 Å². The van der Waals surface area contributed by atoms with Crippen molar-refractivity contribution in [2.75, 3.05) is 12.4 Å². The molecule has 3 aromatic rings. The molecule has 2 aliphatic rings. The highest BCUT2D eigenvalue weighted by atomic mass is 19.1. The van der Waals surface area contributed by atoms with Gasteiger partial charge in [-0.1, -0.05) is 30.3 Å². The van der Waals surface area contributed by atoms with Gasteiger partial charge in [-0.25, -0.2) is 9.37 Å². The lowest BCUT2D eigenvalue weighted by Crippen LogP contribution is -2.37. The summed E-state index contributed by atoms with van der Waals surface area (Å²) in [5, 5.41) is 6.25. The lowest BCUT2D eigenvalue weighted by atomic mass is 9.71. The molecule has 7 heteroatoms. The maximum absolute atomic E-state index is 13.8. The van der Waals surface area contributed by atoms with E-state index < -0.39 is 5.92 Å². The van der Waals surface area contributed by atoms with Gasteiger partial charge in [-0.15, -0.1) is 0 Å². The number of rotatable bonds is 5. The Morgan fingerprint density at radius 1 is 1.00 bits per heavy atom. The minimum atomic E-state index is -0.619. The minimum absolute atomic E-state index is 0.00167. The predicted molar refractivity (Wildman–Crippen MR) is 140 cm³/mol. The molecule has 2 aromatic carbocycles. The first-order valence-electron chi connectivity index (χ1n) is 12.2. The van der Waals surface area contributed by atoms with Gasteiger partial charge in [0.1, 0.15) is 17.4 Å². The van der Waals surface area contributed by atoms with Crippen molar-refractivity contribution in [1.29, 1.82) is 0 Å². The van der Waals surface area contributed by atoms with Crippen molar-refractivity contribution >= 4 is 17.5 Å². The Morgan fingerprint density at radius 3 is 2.38 bits per heavy atom. The molecular formula is C30H28FN3O3. The number of aromatic nitrogens is 1. The second kappa shape index (κ2) is 10.0. The number of ether oxygens (including phenoxy) is 1. The standard InChI is InChI=1S/C30H28FN3O3/c1-17-5-4-6-26(32-17)34-30(36)27-18(2)33-24-15-21(19-9-13-23(37-3)14-10-19)16-25(35)29(24)28(27)20-7-11-22(31)12-8-20/h4-14,21,28,33H,15-16H2,1-3H3,(H,32,34,36)/t21-,28-/m0/s1. The van der Waals surface area contributed by atoms with E-state index in [1.165, 1.54) is 12.1 Å². The fraction of sp³-hybridized carbons (Fsp3) is 0.233. The summed E-state index contributed by atoms with van der Waals surface area (Å²) in [6.07, 6.45) is 0.939. The summed E-state index contributed by atoms with van der Waals surface area (Å²) in [5.74, 6) is -0.196. The number of anilines is 1. The molecule has 37 heavy (non-hydrogen) atoms. The Balaban J connectivity index is 1.53. The van der Waals surface area contributed by atoms with Crippen molar-refractivity contribution in [3.05, 3.63) is 112 Å². The molecular weight excluding hydrogens is 469 g/mol. The number of nitrogens with zero attached hydrogens (tertiary/aromatic N) is 1. The van der Waals surface area contributed by atoms with Crippen LogP contribution in [-0.4, -0.2) is 23.8 Å². The van der Waals surface area contributed by atoms with E-state index in [4.69, 9.17) is 4.74 Å². The molecule has 0 spiro atoms. The summed E-state index contributed by atoms with van der Waals surface area (Å²) < 4.78 is 19.1. The van der Waals surface area contributed by atoms with Crippen molar-refractivity contribution in [2.24, 2.45) is 0 Å². The maximum Gasteiger partial charge on any atom is 0.255 e. The topological polar surface area (TPSA) is 80.3 Å². The van der Waals surface area contributed by atoms with E-state index in [1.54, 1.807) is 25.3 Å². The summed E-state index contributed by atoms with van der Waals surface area (Å²) in [6, 6.07) is 19.2. The van der Waals surface area contributed by atoms with E-state index in [0.29, 0.717) is 41.1 Å². The third-order valence-corrected chi connectivity index (χ3v) is 6.99. The molecule has 1 aliphatic carbocycles. The lowest BCUT2D eigenvalue weighted by molar-refractivity contribution is -0.116. The number of halogens is 1. The van der Waals surface area contributed by atoms with Gasteiger partial charge in [-0.05, 0) is 73.7 Å². The molecule has 0 bridgehead atoms. The molecule has 0 saturated carbocycles. The van der Waals surface area contributed by atoms with E-state index in [-0.39, 0.29) is 23.4 Å². The summed E-state index contributed by atoms with van der Waals surface area (Å²) in [4.78, 5) is 31.7. The molecule has 0 radical (unpaired) electrons. The van der Waals surface area contributed by atoms with Crippen LogP contribution >= 0.6 is 0 Å². The van der Waals surface area contributed by atoms with Crippen molar-refractivity contribution in [1.82, 2.24) is 10.3 Å². The number of amides is 1. The van der Waals surface area contributed by atoms with Crippen LogP contribution in [0.15, 0.2) is 89.3 Å². The number of hydrogen-bond acceptors (Lipinski definition) is 5. The highest BCUT2D eigenvalue weighted by Gasteiger charge is 2.41. The van der Waals surface area contributed by atoms with E-state index in [2.05, 4.69) is 15.6 Å². The fourth-order valence-electron chi connectivity index (χ4n) is 5.24. The van der Waals surface area contributed by atoms with Crippen molar-refractivity contribution in [3.8, 4) is 5.75 Å². The van der Waals surface area contributed by atoms with Gasteiger partial charge in [-0.3, -0.25) is 9.59 Å². The first-order valence-corrected chi connectivity index (χ1v) is 12.2. The normalized spacial score (nSPS) is 19.3. The summed E-state index contributed by atoms with van der Waals surface area (Å²) in [5.41, 5.74) is 4.95. The second-order valence-corrected chi connectivity index (χ2v) is 9.46. The molecule has 1 aromatic heterocycles. The smallest absolute Gasteiger partial charge is 0.255 e. The van der Waals surface area contributed by atoms with E-state index >= 15 is 0 Å². The first-order chi connectivity index (χ1) is 17.8. The van der Waals surface area contributed by atoms with E-state index in [1.807, 2.05) is 50.2 Å². The van der Waals surface area contributed by atoms with Gasteiger partial charge in [0.2, 0.25) is 0 Å². The number of allylic oxidation sites excluding steroid dienone is 3. The predicted octanol–water partition coefficient (Wildman–Crippen LogP) is 5.54. The number of pyridine rings is 1. The van der Waals surface area contributed by atoms with Gasteiger partial charge >= 0.3 is 0 Å². The number of carbonyl (C=O) groups is 2. The molecule has 1 aliphatic heterocycles. The summed E-state index contributed by atoms with van der Waals surface area (Å²) in [7, 11) is 1.62. The number of carbonyl (C=O) groups excluding carboxylic acids is 2. The Kier molecular flexibility index (Phi) is 6.61. The minimum Gasteiger partial charge on any atom is -0.497 e. The number of dihydropyridines is 1. The monoisotopic (exact) mass is 497 g/mol. The largest absolute Gasteiger partial charge is 0.497 e. The zero-order valence-corrected chi connectivity index (χ0v) is 21.0. The van der Waals surface area contributed by atoms with Crippen LogP contribution in [0, 0.1) is 12.7 Å². The molecule has 0 saturated heterocycles.